The lowest BCUT2D eigenvalue weighted by Gasteiger charge is -2.13. The van der Waals surface area contributed by atoms with Crippen LogP contribution in [0.3, 0.4) is 0 Å². The smallest absolute Gasteiger partial charge is 0.145 e. The van der Waals surface area contributed by atoms with Crippen molar-refractivity contribution in [2.45, 2.75) is 13.3 Å². The Bertz CT molecular complexity index is 1130. The van der Waals surface area contributed by atoms with Crippen LogP contribution in [0.4, 0.5) is 10.2 Å². The van der Waals surface area contributed by atoms with Crippen molar-refractivity contribution < 1.29 is 9.13 Å². The van der Waals surface area contributed by atoms with E-state index in [2.05, 4.69) is 26.3 Å². The monoisotopic (exact) mass is 388 g/mol. The lowest BCUT2D eigenvalue weighted by molar-refractivity contribution is 0.419. The number of nitrogens with one attached hydrogen (secondary N) is 1. The Morgan fingerprint density at radius 2 is 1.79 bits per heavy atom. The van der Waals surface area contributed by atoms with Gasteiger partial charge in [-0.15, -0.1) is 0 Å². The molecule has 0 aliphatic rings. The van der Waals surface area contributed by atoms with Crippen molar-refractivity contribution in [2.24, 2.45) is 0 Å². The maximum absolute atomic E-state index is 13.3. The number of hydrogen-bond acceptors (Lipinski definition) is 5. The van der Waals surface area contributed by atoms with Gasteiger partial charge in [0.15, 0.2) is 0 Å². The second kappa shape index (κ2) is 8.22. The van der Waals surface area contributed by atoms with Crippen LogP contribution in [0, 0.1) is 12.7 Å². The number of nitrogens with zero attached hydrogens (tertiary/aromatic N) is 3. The number of ether oxygens (including phenoxy) is 1. The highest BCUT2D eigenvalue weighted by Gasteiger charge is 2.12. The predicted octanol–water partition coefficient (Wildman–Crippen LogP) is 4.80. The number of aryl methyl sites for hydroxylation is 1. The van der Waals surface area contributed by atoms with Gasteiger partial charge in [-0.05, 0) is 60.4 Å². The number of hydrogen-bond donors (Lipinski definition) is 1. The summed E-state index contributed by atoms with van der Waals surface area (Å²) >= 11 is 0. The highest BCUT2D eigenvalue weighted by molar-refractivity contribution is 5.96. The van der Waals surface area contributed by atoms with E-state index in [9.17, 15) is 4.39 Å². The molecule has 0 unspecified atom stereocenters. The molecule has 0 bridgehead atoms. The molecular formula is C23H21FN4O. The Kier molecular flexibility index (Phi) is 5.33. The summed E-state index contributed by atoms with van der Waals surface area (Å²) in [7, 11) is 1.61. The molecule has 0 amide bonds. The number of pyridine rings is 1. The van der Waals surface area contributed by atoms with Crippen LogP contribution < -0.4 is 10.1 Å². The third-order valence-electron chi connectivity index (χ3n) is 4.78. The van der Waals surface area contributed by atoms with E-state index >= 15 is 0 Å². The van der Waals surface area contributed by atoms with E-state index in [1.165, 1.54) is 18.5 Å². The number of anilines is 1. The minimum absolute atomic E-state index is 0.266. The van der Waals surface area contributed by atoms with Gasteiger partial charge in [0.05, 0.1) is 7.11 Å². The predicted molar refractivity (Wildman–Crippen MR) is 113 cm³/mol. The van der Waals surface area contributed by atoms with E-state index in [1.54, 1.807) is 19.2 Å². The zero-order valence-electron chi connectivity index (χ0n) is 16.3. The van der Waals surface area contributed by atoms with E-state index in [0.717, 1.165) is 45.5 Å². The largest absolute Gasteiger partial charge is 0.494 e. The van der Waals surface area contributed by atoms with E-state index in [-0.39, 0.29) is 5.82 Å². The molecule has 0 aliphatic heterocycles. The van der Waals surface area contributed by atoms with Crippen LogP contribution in [-0.2, 0) is 6.42 Å². The standard InChI is InChI=1S/C23H21FN4O/c1-15-3-4-16(13-26-15)9-10-25-23-20-11-18(17-5-7-19(24)8-6-17)12-21(29-2)22(20)27-14-28-23/h3-8,11-14H,9-10H2,1-2H3,(H,25,27,28). The Balaban J connectivity index is 1.65. The summed E-state index contributed by atoms with van der Waals surface area (Å²) in [5, 5.41) is 4.25. The van der Waals surface area contributed by atoms with Crippen molar-refractivity contribution in [1.82, 2.24) is 15.0 Å². The first-order valence-electron chi connectivity index (χ1n) is 9.38. The summed E-state index contributed by atoms with van der Waals surface area (Å²) in [5.74, 6) is 1.12. The molecule has 4 aromatic rings. The third-order valence-corrected chi connectivity index (χ3v) is 4.78. The number of methoxy groups -OCH3 is 1. The third kappa shape index (κ3) is 4.16. The Hall–Kier alpha value is -3.54. The first-order chi connectivity index (χ1) is 14.1. The van der Waals surface area contributed by atoms with Gasteiger partial charge in [0.25, 0.3) is 0 Å². The Labute approximate surface area is 168 Å². The highest BCUT2D eigenvalue weighted by Crippen LogP contribution is 2.34. The fraction of sp³-hybridized carbons (Fsp3) is 0.174. The maximum atomic E-state index is 13.3. The van der Waals surface area contributed by atoms with Crippen LogP contribution in [-0.4, -0.2) is 28.6 Å². The van der Waals surface area contributed by atoms with Crippen LogP contribution in [0.1, 0.15) is 11.3 Å². The van der Waals surface area contributed by atoms with E-state index < -0.39 is 0 Å². The van der Waals surface area contributed by atoms with Gasteiger partial charge >= 0.3 is 0 Å². The summed E-state index contributed by atoms with van der Waals surface area (Å²) < 4.78 is 18.9. The second-order valence-electron chi connectivity index (χ2n) is 6.79. The Morgan fingerprint density at radius 1 is 0.966 bits per heavy atom. The number of fused-ring (bicyclic) bond motifs is 1. The molecule has 0 saturated carbocycles. The molecule has 6 heteroatoms. The van der Waals surface area contributed by atoms with Gasteiger partial charge < -0.3 is 10.1 Å². The summed E-state index contributed by atoms with van der Waals surface area (Å²) in [6.45, 7) is 2.68. The normalized spacial score (nSPS) is 10.9. The van der Waals surface area contributed by atoms with Crippen molar-refractivity contribution in [3.63, 3.8) is 0 Å². The number of rotatable bonds is 6. The fourth-order valence-electron chi connectivity index (χ4n) is 3.21. The first-order valence-corrected chi connectivity index (χ1v) is 9.38. The summed E-state index contributed by atoms with van der Waals surface area (Å²) in [5.41, 5.74) is 4.70. The van der Waals surface area contributed by atoms with Crippen LogP contribution in [0.25, 0.3) is 22.0 Å². The molecule has 0 spiro atoms. The average Bonchev–Trinajstić information content (AvgIpc) is 2.75. The minimum Gasteiger partial charge on any atom is -0.494 e. The first kappa shape index (κ1) is 18.8. The minimum atomic E-state index is -0.266. The summed E-state index contributed by atoms with van der Waals surface area (Å²) in [4.78, 5) is 13.1. The van der Waals surface area contributed by atoms with E-state index in [4.69, 9.17) is 4.74 Å². The van der Waals surface area contributed by atoms with Gasteiger partial charge in [0.2, 0.25) is 0 Å². The van der Waals surface area contributed by atoms with Gasteiger partial charge in [-0.25, -0.2) is 14.4 Å². The van der Waals surface area contributed by atoms with Gasteiger partial charge in [0.1, 0.15) is 29.2 Å². The van der Waals surface area contributed by atoms with Crippen molar-refractivity contribution >= 4 is 16.7 Å². The van der Waals surface area contributed by atoms with Gasteiger partial charge in [0, 0.05) is 23.8 Å². The van der Waals surface area contributed by atoms with Gasteiger partial charge in [-0.3, -0.25) is 4.98 Å². The Morgan fingerprint density at radius 3 is 2.52 bits per heavy atom. The fourth-order valence-corrected chi connectivity index (χ4v) is 3.21. The molecular weight excluding hydrogens is 367 g/mol. The molecule has 0 fully saturated rings. The average molecular weight is 388 g/mol. The molecule has 2 aromatic heterocycles. The zero-order chi connectivity index (χ0) is 20.2. The summed E-state index contributed by atoms with van der Waals surface area (Å²) in [6, 6.07) is 14.4. The summed E-state index contributed by atoms with van der Waals surface area (Å²) in [6.07, 6.45) is 4.25. The van der Waals surface area contributed by atoms with Crippen LogP contribution in [0.2, 0.25) is 0 Å². The lowest BCUT2D eigenvalue weighted by atomic mass is 10.0. The molecule has 0 radical (unpaired) electrons. The molecule has 146 valence electrons. The SMILES string of the molecule is COc1cc(-c2ccc(F)cc2)cc2c(NCCc3ccc(C)nc3)ncnc12. The topological polar surface area (TPSA) is 59.9 Å². The van der Waals surface area contributed by atoms with E-state index in [1.807, 2.05) is 31.3 Å². The quantitative estimate of drug-likeness (QED) is 0.514. The van der Waals surface area contributed by atoms with E-state index in [0.29, 0.717) is 12.3 Å². The van der Waals surface area contributed by atoms with Crippen LogP contribution in [0.15, 0.2) is 61.1 Å². The maximum Gasteiger partial charge on any atom is 0.145 e. The van der Waals surface area contributed by atoms with Crippen molar-refractivity contribution in [3.05, 3.63) is 78.1 Å². The molecule has 2 aromatic carbocycles. The number of benzene rings is 2. The molecule has 0 aliphatic carbocycles. The molecule has 0 atom stereocenters. The van der Waals surface area contributed by atoms with Gasteiger partial charge in [-0.2, -0.15) is 0 Å². The molecule has 29 heavy (non-hydrogen) atoms. The molecule has 0 saturated heterocycles. The molecule has 5 nitrogen and oxygen atoms in total. The highest BCUT2D eigenvalue weighted by atomic mass is 19.1. The number of halogens is 1. The van der Waals surface area contributed by atoms with Gasteiger partial charge in [-0.1, -0.05) is 18.2 Å². The van der Waals surface area contributed by atoms with Crippen LogP contribution in [0.5, 0.6) is 5.75 Å². The second-order valence-corrected chi connectivity index (χ2v) is 6.79. The molecule has 2 heterocycles. The lowest BCUT2D eigenvalue weighted by Crippen LogP contribution is -2.07. The van der Waals surface area contributed by atoms with Crippen molar-refractivity contribution in [2.75, 3.05) is 19.0 Å². The molecule has 1 N–H and O–H groups in total. The van der Waals surface area contributed by atoms with Crippen molar-refractivity contribution in [1.29, 1.82) is 0 Å². The zero-order valence-corrected chi connectivity index (χ0v) is 16.3. The number of aromatic nitrogens is 3. The van der Waals surface area contributed by atoms with Crippen molar-refractivity contribution in [3.8, 4) is 16.9 Å². The molecule has 4 rings (SSSR count). The van der Waals surface area contributed by atoms with Crippen LogP contribution >= 0.6 is 0 Å².